The van der Waals surface area contributed by atoms with Crippen LogP contribution in [0.15, 0.2) is 60.7 Å². The normalized spacial score (nSPS) is 14.9. The van der Waals surface area contributed by atoms with Gasteiger partial charge >= 0.3 is 0 Å². The van der Waals surface area contributed by atoms with E-state index in [2.05, 4.69) is 5.32 Å². The van der Waals surface area contributed by atoms with Crippen LogP contribution in [0.3, 0.4) is 0 Å². The van der Waals surface area contributed by atoms with E-state index < -0.39 is 5.41 Å². The molecule has 0 saturated heterocycles. The number of rotatable bonds is 7. The van der Waals surface area contributed by atoms with Crippen LogP contribution in [0.25, 0.3) is 11.1 Å². The molecule has 1 fully saturated rings. The third-order valence-electron chi connectivity index (χ3n) is 7.10. The van der Waals surface area contributed by atoms with E-state index in [1.807, 2.05) is 86.3 Å². The predicted molar refractivity (Wildman–Crippen MR) is 136 cm³/mol. The smallest absolute Gasteiger partial charge is 0.253 e. The first-order valence-corrected chi connectivity index (χ1v) is 12.2. The van der Waals surface area contributed by atoms with Crippen LogP contribution in [0.2, 0.25) is 0 Å². The molecule has 35 heavy (non-hydrogen) atoms. The molecule has 0 atom stereocenters. The second kappa shape index (κ2) is 9.10. The maximum Gasteiger partial charge on any atom is 0.253 e. The number of nitrogens with zero attached hydrogens (tertiary/aromatic N) is 1. The van der Waals surface area contributed by atoms with E-state index in [-0.39, 0.29) is 18.6 Å². The Hall–Kier alpha value is -3.80. The number of ether oxygens (including phenoxy) is 2. The highest BCUT2D eigenvalue weighted by Gasteiger charge is 2.51. The van der Waals surface area contributed by atoms with Gasteiger partial charge in [-0.3, -0.25) is 9.59 Å². The molecule has 1 saturated carbocycles. The van der Waals surface area contributed by atoms with Crippen molar-refractivity contribution in [2.24, 2.45) is 0 Å². The second-order valence-electron chi connectivity index (χ2n) is 9.19. The molecular formula is C29H30N2O4. The van der Waals surface area contributed by atoms with E-state index in [9.17, 15) is 9.59 Å². The van der Waals surface area contributed by atoms with Crippen molar-refractivity contribution in [3.05, 3.63) is 77.4 Å². The summed E-state index contributed by atoms with van der Waals surface area (Å²) in [4.78, 5) is 27.8. The van der Waals surface area contributed by atoms with E-state index in [0.29, 0.717) is 24.4 Å². The van der Waals surface area contributed by atoms with E-state index in [0.717, 1.165) is 46.5 Å². The highest BCUT2D eigenvalue weighted by Crippen LogP contribution is 2.51. The molecule has 3 aromatic rings. The number of carbonyl (C=O) groups excluding carboxylic acids is 2. The van der Waals surface area contributed by atoms with Crippen molar-refractivity contribution in [2.75, 3.05) is 25.2 Å². The summed E-state index contributed by atoms with van der Waals surface area (Å²) in [6.07, 6.45) is 1.61. The van der Waals surface area contributed by atoms with Crippen LogP contribution in [0.1, 0.15) is 48.2 Å². The lowest BCUT2D eigenvalue weighted by atomic mass is 9.94. The van der Waals surface area contributed by atoms with Crippen LogP contribution in [0.4, 0.5) is 5.69 Å². The second-order valence-corrected chi connectivity index (χ2v) is 9.19. The molecule has 1 aliphatic heterocycles. The highest BCUT2D eigenvalue weighted by atomic mass is 16.7. The van der Waals surface area contributed by atoms with Crippen molar-refractivity contribution >= 4 is 17.5 Å². The molecule has 6 nitrogen and oxygen atoms in total. The molecular weight excluding hydrogens is 440 g/mol. The van der Waals surface area contributed by atoms with Gasteiger partial charge in [0.05, 0.1) is 5.41 Å². The molecule has 1 N–H and O–H groups in total. The van der Waals surface area contributed by atoms with Gasteiger partial charge in [0.1, 0.15) is 0 Å². The Kier molecular flexibility index (Phi) is 5.97. The van der Waals surface area contributed by atoms with Crippen LogP contribution in [-0.2, 0) is 10.2 Å². The van der Waals surface area contributed by atoms with Gasteiger partial charge in [-0.25, -0.2) is 0 Å². The zero-order valence-electron chi connectivity index (χ0n) is 20.4. The lowest BCUT2D eigenvalue weighted by molar-refractivity contribution is -0.118. The minimum atomic E-state index is -0.529. The number of benzene rings is 3. The SMILES string of the molecule is CCN(CC)C(=O)c1ccc(-c2cc(NC(=O)C3(c4ccc5c(c4)OCO5)CC3)ccc2C)cc1. The maximum absolute atomic E-state index is 13.3. The summed E-state index contributed by atoms with van der Waals surface area (Å²) >= 11 is 0. The molecule has 1 aliphatic carbocycles. The summed E-state index contributed by atoms with van der Waals surface area (Å²) < 4.78 is 10.9. The first kappa shape index (κ1) is 23.0. The van der Waals surface area contributed by atoms with E-state index in [1.165, 1.54) is 0 Å². The van der Waals surface area contributed by atoms with Gasteiger partial charge in [0, 0.05) is 24.3 Å². The standard InChI is InChI=1S/C29H30N2O4/c1-4-31(5-2)27(32)21-9-7-20(8-10-21)24-17-23(12-6-19(24)3)30-28(33)29(14-15-29)22-11-13-25-26(16-22)35-18-34-25/h6-13,16-17H,4-5,14-15,18H2,1-3H3,(H,30,33). The van der Waals surface area contributed by atoms with Crippen molar-refractivity contribution in [3.8, 4) is 22.6 Å². The molecule has 0 spiro atoms. The fourth-order valence-corrected chi connectivity index (χ4v) is 4.71. The molecule has 5 rings (SSSR count). The molecule has 0 unspecified atom stereocenters. The van der Waals surface area contributed by atoms with Crippen LogP contribution >= 0.6 is 0 Å². The summed E-state index contributed by atoms with van der Waals surface area (Å²) in [6.45, 7) is 7.60. The minimum absolute atomic E-state index is 0.00802. The fraction of sp³-hybridized carbons (Fsp3) is 0.310. The summed E-state index contributed by atoms with van der Waals surface area (Å²) in [5, 5.41) is 3.14. The van der Waals surface area contributed by atoms with Crippen LogP contribution in [0, 0.1) is 6.92 Å². The lowest BCUT2D eigenvalue weighted by Gasteiger charge is -2.19. The Morgan fingerprint density at radius 2 is 1.63 bits per heavy atom. The van der Waals surface area contributed by atoms with Crippen molar-refractivity contribution in [2.45, 2.75) is 39.0 Å². The summed E-state index contributed by atoms with van der Waals surface area (Å²) in [7, 11) is 0. The Morgan fingerprint density at radius 1 is 0.914 bits per heavy atom. The van der Waals surface area contributed by atoms with Gasteiger partial charge in [-0.2, -0.15) is 0 Å². The summed E-state index contributed by atoms with van der Waals surface area (Å²) in [6, 6.07) is 19.4. The van der Waals surface area contributed by atoms with Gasteiger partial charge in [-0.1, -0.05) is 24.3 Å². The molecule has 2 aliphatic rings. The van der Waals surface area contributed by atoms with Crippen molar-refractivity contribution in [1.82, 2.24) is 4.90 Å². The highest BCUT2D eigenvalue weighted by molar-refractivity contribution is 6.02. The molecule has 0 radical (unpaired) electrons. The molecule has 6 heteroatoms. The number of anilines is 1. The molecule has 3 aromatic carbocycles. The average molecular weight is 471 g/mol. The van der Waals surface area contributed by atoms with Gasteiger partial charge in [0.2, 0.25) is 12.7 Å². The van der Waals surface area contributed by atoms with Crippen LogP contribution in [-0.4, -0.2) is 36.6 Å². The van der Waals surface area contributed by atoms with Crippen molar-refractivity contribution in [3.63, 3.8) is 0 Å². The summed E-state index contributed by atoms with van der Waals surface area (Å²) in [5.74, 6) is 1.45. The number of fused-ring (bicyclic) bond motifs is 1. The van der Waals surface area contributed by atoms with Gasteiger partial charge in [0.25, 0.3) is 5.91 Å². The number of hydrogen-bond donors (Lipinski definition) is 1. The number of hydrogen-bond acceptors (Lipinski definition) is 4. The predicted octanol–water partition coefficient (Wildman–Crippen LogP) is 5.54. The first-order valence-electron chi connectivity index (χ1n) is 12.2. The van der Waals surface area contributed by atoms with E-state index in [4.69, 9.17) is 9.47 Å². The third kappa shape index (κ3) is 4.25. The van der Waals surface area contributed by atoms with Gasteiger partial charge in [-0.15, -0.1) is 0 Å². The van der Waals surface area contributed by atoms with Crippen molar-refractivity contribution in [1.29, 1.82) is 0 Å². The van der Waals surface area contributed by atoms with Crippen molar-refractivity contribution < 1.29 is 19.1 Å². The fourth-order valence-electron chi connectivity index (χ4n) is 4.71. The number of nitrogens with one attached hydrogen (secondary N) is 1. The zero-order valence-corrected chi connectivity index (χ0v) is 20.4. The molecule has 0 bridgehead atoms. The van der Waals surface area contributed by atoms with Crippen LogP contribution < -0.4 is 14.8 Å². The zero-order chi connectivity index (χ0) is 24.6. The molecule has 1 heterocycles. The number of carbonyl (C=O) groups is 2. The maximum atomic E-state index is 13.3. The first-order chi connectivity index (χ1) is 16.9. The third-order valence-corrected chi connectivity index (χ3v) is 7.10. The minimum Gasteiger partial charge on any atom is -0.454 e. The quantitative estimate of drug-likeness (QED) is 0.492. The average Bonchev–Trinajstić information content (AvgIpc) is 3.56. The van der Waals surface area contributed by atoms with Gasteiger partial charge in [0.15, 0.2) is 11.5 Å². The molecule has 0 aromatic heterocycles. The topological polar surface area (TPSA) is 67.9 Å². The molecule has 180 valence electrons. The largest absolute Gasteiger partial charge is 0.454 e. The Morgan fingerprint density at radius 3 is 2.31 bits per heavy atom. The van der Waals surface area contributed by atoms with E-state index in [1.54, 1.807) is 0 Å². The number of aryl methyl sites for hydroxylation is 1. The monoisotopic (exact) mass is 470 g/mol. The van der Waals surface area contributed by atoms with Crippen LogP contribution in [0.5, 0.6) is 11.5 Å². The van der Waals surface area contributed by atoms with Gasteiger partial charge < -0.3 is 19.7 Å². The summed E-state index contributed by atoms with van der Waals surface area (Å²) in [5.41, 5.74) is 5.00. The Labute approximate surface area is 205 Å². The molecule has 2 amide bonds. The Balaban J connectivity index is 1.35. The number of amides is 2. The van der Waals surface area contributed by atoms with E-state index >= 15 is 0 Å². The van der Waals surface area contributed by atoms with Gasteiger partial charge in [-0.05, 0) is 92.3 Å². The Bertz CT molecular complexity index is 1270. The lowest BCUT2D eigenvalue weighted by Crippen LogP contribution is -2.30.